The maximum atomic E-state index is 11.9. The summed E-state index contributed by atoms with van der Waals surface area (Å²) in [6, 6.07) is 0.440. The van der Waals surface area contributed by atoms with E-state index in [1.807, 2.05) is 18.9 Å². The molecule has 1 saturated carbocycles. The van der Waals surface area contributed by atoms with Gasteiger partial charge in [0.1, 0.15) is 0 Å². The van der Waals surface area contributed by atoms with Gasteiger partial charge in [-0.05, 0) is 43.9 Å². The molecule has 152 valence electrons. The third-order valence-electron chi connectivity index (χ3n) is 5.44. The van der Waals surface area contributed by atoms with Crippen LogP contribution in [0.5, 0.6) is 0 Å². The van der Waals surface area contributed by atoms with Crippen molar-refractivity contribution in [1.29, 1.82) is 0 Å². The van der Waals surface area contributed by atoms with Crippen LogP contribution in [-0.2, 0) is 9.59 Å². The van der Waals surface area contributed by atoms with Gasteiger partial charge in [0.15, 0.2) is 0 Å². The Balaban J connectivity index is 2.05. The number of nitrogens with one attached hydrogen (secondary N) is 2. The zero-order valence-corrected chi connectivity index (χ0v) is 17.5. The second-order valence-corrected chi connectivity index (χ2v) is 8.32. The van der Waals surface area contributed by atoms with Crippen molar-refractivity contribution < 1.29 is 9.59 Å². The van der Waals surface area contributed by atoms with Gasteiger partial charge < -0.3 is 15.5 Å². The van der Waals surface area contributed by atoms with E-state index in [2.05, 4.69) is 24.5 Å². The van der Waals surface area contributed by atoms with Gasteiger partial charge in [0, 0.05) is 32.6 Å². The fourth-order valence-corrected chi connectivity index (χ4v) is 3.69. The number of unbranched alkanes of at least 4 members (excludes halogenated alkanes) is 2. The second-order valence-electron chi connectivity index (χ2n) is 8.32. The number of rotatable bonds is 12. The van der Waals surface area contributed by atoms with Crippen LogP contribution in [-0.4, -0.2) is 49.4 Å². The van der Waals surface area contributed by atoms with E-state index >= 15 is 0 Å². The maximum Gasteiger partial charge on any atom is 0.233 e. The minimum absolute atomic E-state index is 0.115. The molecular formula is C21H41N3O2. The second kappa shape index (κ2) is 13.1. The number of nitrogens with zero attached hydrogens (tertiary/aromatic N) is 1. The van der Waals surface area contributed by atoms with Crippen LogP contribution in [0.25, 0.3) is 0 Å². The standard InChI is InChI=1S/C21H41N3O2/c1-5-21(26)24(4)16-18-10-12-19(13-11-18)23-15-20(25)22-14-8-6-7-9-17(2)3/h17-19,23H,5-16H2,1-4H3,(H,22,25). The van der Waals surface area contributed by atoms with E-state index < -0.39 is 0 Å². The van der Waals surface area contributed by atoms with Crippen LogP contribution in [0, 0.1) is 11.8 Å². The number of amides is 2. The van der Waals surface area contributed by atoms with Crippen molar-refractivity contribution in [2.75, 3.05) is 26.7 Å². The van der Waals surface area contributed by atoms with Crippen LogP contribution in [0.4, 0.5) is 0 Å². The summed E-state index contributed by atoms with van der Waals surface area (Å²) in [5.74, 6) is 1.72. The highest BCUT2D eigenvalue weighted by molar-refractivity contribution is 5.78. The van der Waals surface area contributed by atoms with Gasteiger partial charge in [0.25, 0.3) is 0 Å². The molecule has 1 rings (SSSR count). The van der Waals surface area contributed by atoms with Crippen molar-refractivity contribution >= 4 is 11.8 Å². The maximum absolute atomic E-state index is 11.9. The average Bonchev–Trinajstić information content (AvgIpc) is 2.63. The summed E-state index contributed by atoms with van der Waals surface area (Å²) in [5, 5.41) is 6.42. The molecule has 0 radical (unpaired) electrons. The van der Waals surface area contributed by atoms with E-state index in [9.17, 15) is 9.59 Å². The van der Waals surface area contributed by atoms with Crippen LogP contribution >= 0.6 is 0 Å². The van der Waals surface area contributed by atoms with Gasteiger partial charge >= 0.3 is 0 Å². The van der Waals surface area contributed by atoms with Gasteiger partial charge in [0.2, 0.25) is 11.8 Å². The third-order valence-corrected chi connectivity index (χ3v) is 5.44. The van der Waals surface area contributed by atoms with Gasteiger partial charge in [-0.25, -0.2) is 0 Å². The molecule has 0 spiro atoms. The predicted molar refractivity (Wildman–Crippen MR) is 108 cm³/mol. The number of carbonyl (C=O) groups is 2. The van der Waals surface area contributed by atoms with Gasteiger partial charge in [-0.15, -0.1) is 0 Å². The Hall–Kier alpha value is -1.10. The highest BCUT2D eigenvalue weighted by Crippen LogP contribution is 2.25. The SMILES string of the molecule is CCC(=O)N(C)CC1CCC(NCC(=O)NCCCCCC(C)C)CC1. The van der Waals surface area contributed by atoms with E-state index in [-0.39, 0.29) is 11.8 Å². The molecule has 5 nitrogen and oxygen atoms in total. The Bertz CT molecular complexity index is 404. The zero-order chi connectivity index (χ0) is 19.4. The van der Waals surface area contributed by atoms with Gasteiger partial charge in [-0.1, -0.05) is 40.0 Å². The minimum atomic E-state index is 0.115. The molecule has 5 heteroatoms. The summed E-state index contributed by atoms with van der Waals surface area (Å²) in [5.41, 5.74) is 0. The highest BCUT2D eigenvalue weighted by atomic mass is 16.2. The van der Waals surface area contributed by atoms with Crippen molar-refractivity contribution in [3.63, 3.8) is 0 Å². The summed E-state index contributed by atoms with van der Waals surface area (Å²) in [6.07, 6.45) is 9.86. The zero-order valence-electron chi connectivity index (χ0n) is 17.5. The van der Waals surface area contributed by atoms with Crippen LogP contribution in [0.3, 0.4) is 0 Å². The normalized spacial score (nSPS) is 20.2. The number of hydrogen-bond acceptors (Lipinski definition) is 3. The molecule has 0 bridgehead atoms. The van der Waals surface area contributed by atoms with Crippen LogP contribution in [0.2, 0.25) is 0 Å². The average molecular weight is 368 g/mol. The monoisotopic (exact) mass is 367 g/mol. The lowest BCUT2D eigenvalue weighted by Gasteiger charge is -2.31. The largest absolute Gasteiger partial charge is 0.355 e. The Morgan fingerprint density at radius 1 is 1.08 bits per heavy atom. The molecule has 2 amide bonds. The molecule has 0 aromatic carbocycles. The van der Waals surface area contributed by atoms with Gasteiger partial charge in [-0.3, -0.25) is 9.59 Å². The Morgan fingerprint density at radius 3 is 2.38 bits per heavy atom. The van der Waals surface area contributed by atoms with Gasteiger partial charge in [0.05, 0.1) is 6.54 Å². The fraction of sp³-hybridized carbons (Fsp3) is 0.905. The van der Waals surface area contributed by atoms with Crippen LogP contribution < -0.4 is 10.6 Å². The smallest absolute Gasteiger partial charge is 0.233 e. The van der Waals surface area contributed by atoms with Crippen LogP contribution in [0.15, 0.2) is 0 Å². The Kier molecular flexibility index (Phi) is 11.6. The number of hydrogen-bond donors (Lipinski definition) is 2. The van der Waals surface area contributed by atoms with Crippen LogP contribution in [0.1, 0.15) is 78.6 Å². The fourth-order valence-electron chi connectivity index (χ4n) is 3.69. The minimum Gasteiger partial charge on any atom is -0.355 e. The molecule has 0 aliphatic heterocycles. The van der Waals surface area contributed by atoms with Crippen molar-refractivity contribution in [3.8, 4) is 0 Å². The first-order chi connectivity index (χ1) is 12.4. The van der Waals surface area contributed by atoms with Gasteiger partial charge in [-0.2, -0.15) is 0 Å². The summed E-state index contributed by atoms with van der Waals surface area (Å²) in [4.78, 5) is 25.5. The molecule has 1 fully saturated rings. The molecular weight excluding hydrogens is 326 g/mol. The summed E-state index contributed by atoms with van der Waals surface area (Å²) >= 11 is 0. The van der Waals surface area contributed by atoms with Crippen molar-refractivity contribution in [1.82, 2.24) is 15.5 Å². The van der Waals surface area contributed by atoms with E-state index in [0.29, 0.717) is 24.9 Å². The molecule has 1 aliphatic carbocycles. The first kappa shape index (κ1) is 22.9. The summed E-state index contributed by atoms with van der Waals surface area (Å²) < 4.78 is 0. The van der Waals surface area contributed by atoms with E-state index in [0.717, 1.165) is 51.1 Å². The van der Waals surface area contributed by atoms with E-state index in [1.54, 1.807) is 0 Å². The first-order valence-corrected chi connectivity index (χ1v) is 10.7. The molecule has 2 N–H and O–H groups in total. The van der Waals surface area contributed by atoms with Crippen molar-refractivity contribution in [2.24, 2.45) is 11.8 Å². The summed E-state index contributed by atoms with van der Waals surface area (Å²) in [7, 11) is 1.91. The highest BCUT2D eigenvalue weighted by Gasteiger charge is 2.23. The van der Waals surface area contributed by atoms with Crippen molar-refractivity contribution in [2.45, 2.75) is 84.6 Å². The molecule has 0 heterocycles. The van der Waals surface area contributed by atoms with Crippen molar-refractivity contribution in [3.05, 3.63) is 0 Å². The van der Waals surface area contributed by atoms with E-state index in [1.165, 1.54) is 19.3 Å². The quantitative estimate of drug-likeness (QED) is 0.520. The molecule has 0 atom stereocenters. The third kappa shape index (κ3) is 10.1. The summed E-state index contributed by atoms with van der Waals surface area (Å²) in [6.45, 7) is 8.51. The lowest BCUT2D eigenvalue weighted by molar-refractivity contribution is -0.130. The molecule has 0 aromatic heterocycles. The Morgan fingerprint density at radius 2 is 1.77 bits per heavy atom. The molecule has 0 aromatic rings. The Labute approximate surface area is 160 Å². The lowest BCUT2D eigenvalue weighted by atomic mass is 9.85. The molecule has 0 saturated heterocycles. The molecule has 1 aliphatic rings. The lowest BCUT2D eigenvalue weighted by Crippen LogP contribution is -2.42. The molecule has 0 unspecified atom stereocenters. The molecule has 26 heavy (non-hydrogen) atoms. The predicted octanol–water partition coefficient (Wildman–Crippen LogP) is 3.34. The topological polar surface area (TPSA) is 61.4 Å². The number of carbonyl (C=O) groups excluding carboxylic acids is 2. The van der Waals surface area contributed by atoms with E-state index in [4.69, 9.17) is 0 Å². The first-order valence-electron chi connectivity index (χ1n) is 10.7.